The fourth-order valence-corrected chi connectivity index (χ4v) is 3.76. The summed E-state index contributed by atoms with van der Waals surface area (Å²) in [5.74, 6) is -0.692. The van der Waals surface area contributed by atoms with Crippen LogP contribution >= 0.6 is 15.9 Å². The first-order valence-corrected chi connectivity index (χ1v) is 10.6. The average molecular weight is 434 g/mol. The van der Waals surface area contributed by atoms with E-state index >= 15 is 0 Å². The zero-order valence-corrected chi connectivity index (χ0v) is 16.2. The molecule has 1 aliphatic rings. The SMILES string of the molecule is CS(=O)(=O)NCC1CCC(C(=O)C(N)=Nc2ccc(F)c(Br)c2)CC1. The summed E-state index contributed by atoms with van der Waals surface area (Å²) in [6.07, 6.45) is 3.95. The highest BCUT2D eigenvalue weighted by atomic mass is 79.9. The van der Waals surface area contributed by atoms with Crippen molar-refractivity contribution >= 4 is 43.3 Å². The summed E-state index contributed by atoms with van der Waals surface area (Å²) in [7, 11) is -3.19. The zero-order valence-electron chi connectivity index (χ0n) is 13.8. The van der Waals surface area contributed by atoms with Crippen molar-refractivity contribution < 1.29 is 17.6 Å². The molecule has 0 aromatic heterocycles. The minimum atomic E-state index is -3.19. The highest BCUT2D eigenvalue weighted by Gasteiger charge is 2.28. The molecular formula is C16H21BrFN3O3S. The van der Waals surface area contributed by atoms with Crippen molar-refractivity contribution in [1.29, 1.82) is 0 Å². The predicted octanol–water partition coefficient (Wildman–Crippen LogP) is 2.50. The lowest BCUT2D eigenvalue weighted by atomic mass is 9.80. The van der Waals surface area contributed by atoms with Crippen LogP contribution in [-0.4, -0.2) is 32.8 Å². The van der Waals surface area contributed by atoms with Crippen LogP contribution < -0.4 is 10.5 Å². The molecule has 0 unspecified atom stereocenters. The van der Waals surface area contributed by atoms with E-state index in [0.29, 0.717) is 25.1 Å². The number of aliphatic imine (C=N–C) groups is 1. The number of benzene rings is 1. The molecule has 0 amide bonds. The Morgan fingerprint density at radius 2 is 2.00 bits per heavy atom. The van der Waals surface area contributed by atoms with Crippen molar-refractivity contribution in [3.8, 4) is 0 Å². The molecule has 1 fully saturated rings. The molecule has 3 N–H and O–H groups in total. The number of amidine groups is 1. The Morgan fingerprint density at radius 3 is 2.56 bits per heavy atom. The van der Waals surface area contributed by atoms with E-state index in [1.165, 1.54) is 18.2 Å². The van der Waals surface area contributed by atoms with Crippen LogP contribution in [0.25, 0.3) is 0 Å². The monoisotopic (exact) mass is 433 g/mol. The van der Waals surface area contributed by atoms with Crippen LogP contribution in [0.3, 0.4) is 0 Å². The van der Waals surface area contributed by atoms with Crippen molar-refractivity contribution in [1.82, 2.24) is 4.72 Å². The van der Waals surface area contributed by atoms with Crippen molar-refractivity contribution in [2.45, 2.75) is 25.7 Å². The molecule has 0 radical (unpaired) electrons. The molecule has 1 aromatic carbocycles. The quantitative estimate of drug-likeness (QED) is 0.531. The van der Waals surface area contributed by atoms with Crippen LogP contribution in [0.15, 0.2) is 27.7 Å². The molecule has 1 saturated carbocycles. The van der Waals surface area contributed by atoms with Crippen LogP contribution in [-0.2, 0) is 14.8 Å². The van der Waals surface area contributed by atoms with E-state index < -0.39 is 15.8 Å². The number of sulfonamides is 1. The Kier molecular flexibility index (Phi) is 6.70. The van der Waals surface area contributed by atoms with Crippen LogP contribution in [0.1, 0.15) is 25.7 Å². The molecule has 0 saturated heterocycles. The Labute approximate surface area is 155 Å². The first kappa shape index (κ1) is 20.0. The lowest BCUT2D eigenvalue weighted by Crippen LogP contribution is -2.35. The first-order chi connectivity index (χ1) is 11.7. The minimum absolute atomic E-state index is 0.0868. The number of nitrogens with one attached hydrogen (secondary N) is 1. The molecule has 2 rings (SSSR count). The number of carbonyl (C=O) groups is 1. The van der Waals surface area contributed by atoms with Gasteiger partial charge in [-0.25, -0.2) is 22.5 Å². The van der Waals surface area contributed by atoms with Gasteiger partial charge in [-0.1, -0.05) is 0 Å². The summed E-state index contributed by atoms with van der Waals surface area (Å²) >= 11 is 3.07. The van der Waals surface area contributed by atoms with Crippen LogP contribution in [0.2, 0.25) is 0 Å². The van der Waals surface area contributed by atoms with Gasteiger partial charge in [0, 0.05) is 12.5 Å². The molecule has 0 atom stereocenters. The third kappa shape index (κ3) is 6.16. The molecule has 0 aliphatic heterocycles. The second-order valence-electron chi connectivity index (χ2n) is 6.30. The van der Waals surface area contributed by atoms with Gasteiger partial charge in [0.1, 0.15) is 5.82 Å². The summed E-state index contributed by atoms with van der Waals surface area (Å²) in [5.41, 5.74) is 6.23. The Bertz CT molecular complexity index is 775. The second kappa shape index (κ2) is 8.37. The van der Waals surface area contributed by atoms with E-state index in [9.17, 15) is 17.6 Å². The van der Waals surface area contributed by atoms with E-state index in [4.69, 9.17) is 5.73 Å². The molecule has 9 heteroatoms. The third-order valence-corrected chi connectivity index (χ3v) is 5.56. The summed E-state index contributed by atoms with van der Waals surface area (Å²) < 4.78 is 38.2. The standard InChI is InChI=1S/C16H21BrFN3O3S/c1-25(23,24)20-9-10-2-4-11(5-3-10)15(22)16(19)21-12-6-7-14(18)13(17)8-12/h6-8,10-11,20H,2-5,9H2,1H3,(H2,19,21). The van der Waals surface area contributed by atoms with Gasteiger partial charge in [0.05, 0.1) is 16.4 Å². The lowest BCUT2D eigenvalue weighted by molar-refractivity contribution is -0.117. The van der Waals surface area contributed by atoms with Crippen LogP contribution in [0.4, 0.5) is 10.1 Å². The van der Waals surface area contributed by atoms with Gasteiger partial charge in [-0.15, -0.1) is 0 Å². The van der Waals surface area contributed by atoms with E-state index in [1.54, 1.807) is 0 Å². The van der Waals surface area contributed by atoms with E-state index in [-0.39, 0.29) is 27.9 Å². The van der Waals surface area contributed by atoms with Gasteiger partial charge in [0.15, 0.2) is 5.84 Å². The smallest absolute Gasteiger partial charge is 0.208 e. The molecule has 0 bridgehead atoms. The van der Waals surface area contributed by atoms with Crippen molar-refractivity contribution in [2.24, 2.45) is 22.6 Å². The number of rotatable bonds is 6. The molecule has 1 aliphatic carbocycles. The minimum Gasteiger partial charge on any atom is -0.381 e. The van der Waals surface area contributed by atoms with Crippen molar-refractivity contribution in [2.75, 3.05) is 12.8 Å². The predicted molar refractivity (Wildman–Crippen MR) is 98.7 cm³/mol. The number of hydrogen-bond acceptors (Lipinski definition) is 4. The molecule has 0 heterocycles. The fraction of sp³-hybridized carbons (Fsp3) is 0.500. The van der Waals surface area contributed by atoms with E-state index in [0.717, 1.165) is 19.1 Å². The molecule has 1 aromatic rings. The van der Waals surface area contributed by atoms with E-state index in [1.807, 2.05) is 0 Å². The number of nitrogens with zero attached hydrogens (tertiary/aromatic N) is 1. The number of ketones is 1. The average Bonchev–Trinajstić information content (AvgIpc) is 2.55. The third-order valence-electron chi connectivity index (χ3n) is 4.26. The first-order valence-electron chi connectivity index (χ1n) is 7.94. The molecule has 138 valence electrons. The number of hydrogen-bond donors (Lipinski definition) is 2. The van der Waals surface area contributed by atoms with Crippen LogP contribution in [0.5, 0.6) is 0 Å². The van der Waals surface area contributed by atoms with Gasteiger partial charge in [-0.2, -0.15) is 0 Å². The largest absolute Gasteiger partial charge is 0.381 e. The van der Waals surface area contributed by atoms with Gasteiger partial charge >= 0.3 is 0 Å². The van der Waals surface area contributed by atoms with Crippen LogP contribution in [0, 0.1) is 17.7 Å². The Balaban J connectivity index is 1.92. The summed E-state index contributed by atoms with van der Waals surface area (Å²) in [5, 5.41) is 0. The van der Waals surface area contributed by atoms with Gasteiger partial charge in [-0.05, 0) is 65.7 Å². The summed E-state index contributed by atoms with van der Waals surface area (Å²) in [6.45, 7) is 0.396. The van der Waals surface area contributed by atoms with Gasteiger partial charge in [-0.3, -0.25) is 4.79 Å². The highest BCUT2D eigenvalue weighted by molar-refractivity contribution is 9.10. The Hall–Kier alpha value is -1.32. The highest BCUT2D eigenvalue weighted by Crippen LogP contribution is 2.29. The van der Waals surface area contributed by atoms with E-state index in [2.05, 4.69) is 25.6 Å². The number of nitrogens with two attached hydrogens (primary N) is 1. The maximum Gasteiger partial charge on any atom is 0.208 e. The number of carbonyl (C=O) groups excluding carboxylic acids is 1. The maximum atomic E-state index is 13.2. The number of Topliss-reactive ketones (excluding diaryl/α,β-unsaturated/α-hetero) is 1. The fourth-order valence-electron chi connectivity index (χ4n) is 2.86. The Morgan fingerprint density at radius 1 is 1.36 bits per heavy atom. The molecule has 25 heavy (non-hydrogen) atoms. The summed E-state index contributed by atoms with van der Waals surface area (Å²) in [6, 6.07) is 4.16. The van der Waals surface area contributed by atoms with Gasteiger partial charge in [0.2, 0.25) is 15.8 Å². The maximum absolute atomic E-state index is 13.2. The molecule has 6 nitrogen and oxygen atoms in total. The van der Waals surface area contributed by atoms with Gasteiger partial charge in [0.25, 0.3) is 0 Å². The van der Waals surface area contributed by atoms with Crippen molar-refractivity contribution in [3.63, 3.8) is 0 Å². The van der Waals surface area contributed by atoms with Gasteiger partial charge < -0.3 is 5.73 Å². The topological polar surface area (TPSA) is 102 Å². The van der Waals surface area contributed by atoms with Crippen molar-refractivity contribution in [3.05, 3.63) is 28.5 Å². The number of halogens is 2. The second-order valence-corrected chi connectivity index (χ2v) is 8.99. The lowest BCUT2D eigenvalue weighted by Gasteiger charge is -2.27. The molecular weight excluding hydrogens is 413 g/mol. The molecule has 0 spiro atoms. The zero-order chi connectivity index (χ0) is 18.6. The summed E-state index contributed by atoms with van der Waals surface area (Å²) in [4.78, 5) is 16.5. The normalized spacial score (nSPS) is 22.0.